The molecule has 2 N–H and O–H groups in total. The van der Waals surface area contributed by atoms with Crippen molar-refractivity contribution in [3.05, 3.63) is 0 Å². The number of carbonyl (C=O) groups excluding carboxylic acids is 1. The van der Waals surface area contributed by atoms with Gasteiger partial charge in [-0.2, -0.15) is 0 Å². The molecule has 0 aromatic rings. The van der Waals surface area contributed by atoms with Gasteiger partial charge in [-0.25, -0.2) is 0 Å². The molecule has 1 fully saturated rings. The molecule has 1 aliphatic rings. The lowest BCUT2D eigenvalue weighted by Gasteiger charge is -2.29. The third-order valence-electron chi connectivity index (χ3n) is 3.32. The van der Waals surface area contributed by atoms with Crippen molar-refractivity contribution < 1.29 is 9.90 Å². The van der Waals surface area contributed by atoms with Crippen LogP contribution in [0.25, 0.3) is 0 Å². The van der Waals surface area contributed by atoms with E-state index in [0.717, 1.165) is 51.7 Å². The zero-order valence-corrected chi connectivity index (χ0v) is 11.0. The molecule has 17 heavy (non-hydrogen) atoms. The molecule has 1 rings (SSSR count). The normalized spacial score (nSPS) is 18.1. The third kappa shape index (κ3) is 5.50. The van der Waals surface area contributed by atoms with Crippen LogP contribution in [0.1, 0.15) is 45.4 Å². The first-order valence-electron chi connectivity index (χ1n) is 6.88. The summed E-state index contributed by atoms with van der Waals surface area (Å²) in [5.74, 6) is 0.242. The second-order valence-corrected chi connectivity index (χ2v) is 4.85. The van der Waals surface area contributed by atoms with Crippen LogP contribution in [0.3, 0.4) is 0 Å². The number of hydrogen-bond donors (Lipinski definition) is 2. The number of nitrogens with one attached hydrogen (secondary N) is 1. The predicted molar refractivity (Wildman–Crippen MR) is 68.8 cm³/mol. The molecule has 1 atom stereocenters. The molecule has 0 aromatic carbocycles. The van der Waals surface area contributed by atoms with Gasteiger partial charge in [0.1, 0.15) is 0 Å². The first kappa shape index (κ1) is 14.5. The number of amides is 1. The molecule has 0 radical (unpaired) electrons. The summed E-state index contributed by atoms with van der Waals surface area (Å²) in [4.78, 5) is 14.0. The van der Waals surface area contributed by atoms with E-state index in [1.807, 2.05) is 11.8 Å². The van der Waals surface area contributed by atoms with E-state index in [4.69, 9.17) is 5.11 Å². The third-order valence-corrected chi connectivity index (χ3v) is 3.32. The van der Waals surface area contributed by atoms with Crippen LogP contribution in [0.15, 0.2) is 0 Å². The number of aliphatic hydroxyl groups excluding tert-OH is 1. The highest BCUT2D eigenvalue weighted by molar-refractivity contribution is 5.81. The van der Waals surface area contributed by atoms with Gasteiger partial charge < -0.3 is 15.3 Å². The summed E-state index contributed by atoms with van der Waals surface area (Å²) in [5.41, 5.74) is 0. The molecule has 0 aliphatic carbocycles. The SMILES string of the molecule is CC(NCCCCCO)C(=O)N1CCCCC1. The van der Waals surface area contributed by atoms with Crippen molar-refractivity contribution in [3.63, 3.8) is 0 Å². The van der Waals surface area contributed by atoms with E-state index < -0.39 is 0 Å². The monoisotopic (exact) mass is 242 g/mol. The summed E-state index contributed by atoms with van der Waals surface area (Å²) in [6.45, 7) is 4.93. The van der Waals surface area contributed by atoms with E-state index in [9.17, 15) is 4.79 Å². The molecule has 1 aliphatic heterocycles. The molecular formula is C13H26N2O2. The fourth-order valence-corrected chi connectivity index (χ4v) is 2.21. The van der Waals surface area contributed by atoms with Gasteiger partial charge in [0.15, 0.2) is 0 Å². The number of likely N-dealkylation sites (tertiary alicyclic amines) is 1. The van der Waals surface area contributed by atoms with Crippen LogP contribution < -0.4 is 5.32 Å². The molecule has 1 saturated heterocycles. The van der Waals surface area contributed by atoms with E-state index in [1.165, 1.54) is 6.42 Å². The number of hydrogen-bond acceptors (Lipinski definition) is 3. The topological polar surface area (TPSA) is 52.6 Å². The van der Waals surface area contributed by atoms with E-state index in [0.29, 0.717) is 0 Å². The van der Waals surface area contributed by atoms with Crippen molar-refractivity contribution in [1.82, 2.24) is 10.2 Å². The Morgan fingerprint density at radius 2 is 1.94 bits per heavy atom. The van der Waals surface area contributed by atoms with Crippen molar-refractivity contribution in [1.29, 1.82) is 0 Å². The van der Waals surface area contributed by atoms with E-state index in [-0.39, 0.29) is 18.6 Å². The molecule has 0 bridgehead atoms. The molecule has 1 heterocycles. The van der Waals surface area contributed by atoms with Gasteiger partial charge in [-0.3, -0.25) is 4.79 Å². The second-order valence-electron chi connectivity index (χ2n) is 4.85. The minimum absolute atomic E-state index is 0.0674. The van der Waals surface area contributed by atoms with Crippen LogP contribution >= 0.6 is 0 Å². The van der Waals surface area contributed by atoms with Gasteiger partial charge >= 0.3 is 0 Å². The Labute approximate surface area is 104 Å². The maximum Gasteiger partial charge on any atom is 0.239 e. The fraction of sp³-hybridized carbons (Fsp3) is 0.923. The highest BCUT2D eigenvalue weighted by Gasteiger charge is 2.21. The fourth-order valence-electron chi connectivity index (χ4n) is 2.21. The van der Waals surface area contributed by atoms with E-state index in [1.54, 1.807) is 0 Å². The standard InChI is InChI=1S/C13H26N2O2/c1-12(14-8-4-2-7-11-16)13(17)15-9-5-3-6-10-15/h12,14,16H,2-11H2,1H3. The number of piperidine rings is 1. The largest absolute Gasteiger partial charge is 0.396 e. The smallest absolute Gasteiger partial charge is 0.239 e. The Morgan fingerprint density at radius 1 is 1.24 bits per heavy atom. The molecule has 0 saturated carbocycles. The Morgan fingerprint density at radius 3 is 2.59 bits per heavy atom. The molecule has 4 heteroatoms. The quantitative estimate of drug-likeness (QED) is 0.658. The van der Waals surface area contributed by atoms with Gasteiger partial charge in [-0.1, -0.05) is 0 Å². The molecule has 1 unspecified atom stereocenters. The summed E-state index contributed by atoms with van der Waals surface area (Å²) < 4.78 is 0. The summed E-state index contributed by atoms with van der Waals surface area (Å²) >= 11 is 0. The van der Waals surface area contributed by atoms with Gasteiger partial charge in [-0.05, 0) is 52.0 Å². The lowest BCUT2D eigenvalue weighted by Crippen LogP contribution is -2.47. The zero-order chi connectivity index (χ0) is 12.5. The van der Waals surface area contributed by atoms with Crippen molar-refractivity contribution >= 4 is 5.91 Å². The van der Waals surface area contributed by atoms with E-state index in [2.05, 4.69) is 5.32 Å². The van der Waals surface area contributed by atoms with Gasteiger partial charge in [0.25, 0.3) is 0 Å². The molecule has 100 valence electrons. The number of unbranched alkanes of at least 4 members (excludes halogenated alkanes) is 2. The molecular weight excluding hydrogens is 216 g/mol. The molecule has 0 aromatic heterocycles. The lowest BCUT2D eigenvalue weighted by atomic mass is 10.1. The van der Waals surface area contributed by atoms with Crippen LogP contribution in [0, 0.1) is 0 Å². The Balaban J connectivity index is 2.12. The summed E-state index contributed by atoms with van der Waals surface area (Å²) in [7, 11) is 0. The number of rotatable bonds is 7. The maximum absolute atomic E-state index is 12.0. The highest BCUT2D eigenvalue weighted by Crippen LogP contribution is 2.09. The van der Waals surface area contributed by atoms with Crippen LogP contribution in [-0.2, 0) is 4.79 Å². The number of nitrogens with zero attached hydrogens (tertiary/aromatic N) is 1. The van der Waals surface area contributed by atoms with Crippen LogP contribution in [-0.4, -0.2) is 48.2 Å². The van der Waals surface area contributed by atoms with Gasteiger partial charge in [0.2, 0.25) is 5.91 Å². The molecule has 0 spiro atoms. The van der Waals surface area contributed by atoms with Crippen LogP contribution in [0.5, 0.6) is 0 Å². The zero-order valence-electron chi connectivity index (χ0n) is 11.0. The van der Waals surface area contributed by atoms with Crippen molar-refractivity contribution in [3.8, 4) is 0 Å². The predicted octanol–water partition coefficient (Wildman–Crippen LogP) is 1.14. The summed E-state index contributed by atoms with van der Waals surface area (Å²) in [5, 5.41) is 11.9. The Hall–Kier alpha value is -0.610. The average Bonchev–Trinajstić information content (AvgIpc) is 2.38. The van der Waals surface area contributed by atoms with Crippen LogP contribution in [0.4, 0.5) is 0 Å². The summed E-state index contributed by atoms with van der Waals surface area (Å²) in [6.07, 6.45) is 6.46. The Kier molecular flexibility index (Phi) is 7.21. The average molecular weight is 242 g/mol. The number of carbonyl (C=O) groups is 1. The van der Waals surface area contributed by atoms with Crippen molar-refractivity contribution in [2.75, 3.05) is 26.2 Å². The minimum atomic E-state index is -0.0674. The first-order chi connectivity index (χ1) is 8.25. The van der Waals surface area contributed by atoms with Gasteiger partial charge in [0, 0.05) is 19.7 Å². The molecule has 1 amide bonds. The minimum Gasteiger partial charge on any atom is -0.396 e. The molecule has 4 nitrogen and oxygen atoms in total. The first-order valence-corrected chi connectivity index (χ1v) is 6.88. The van der Waals surface area contributed by atoms with Gasteiger partial charge in [0.05, 0.1) is 6.04 Å². The lowest BCUT2D eigenvalue weighted by molar-refractivity contribution is -0.133. The van der Waals surface area contributed by atoms with Crippen molar-refractivity contribution in [2.45, 2.75) is 51.5 Å². The highest BCUT2D eigenvalue weighted by atomic mass is 16.2. The Bertz CT molecular complexity index is 215. The number of aliphatic hydroxyl groups is 1. The van der Waals surface area contributed by atoms with Crippen LogP contribution in [0.2, 0.25) is 0 Å². The van der Waals surface area contributed by atoms with E-state index >= 15 is 0 Å². The second kappa shape index (κ2) is 8.48. The maximum atomic E-state index is 12.0. The van der Waals surface area contributed by atoms with Crippen molar-refractivity contribution in [2.24, 2.45) is 0 Å². The van der Waals surface area contributed by atoms with Gasteiger partial charge in [-0.15, -0.1) is 0 Å². The summed E-state index contributed by atoms with van der Waals surface area (Å²) in [6, 6.07) is -0.0674.